The molecule has 0 radical (unpaired) electrons. The van der Waals surface area contributed by atoms with E-state index in [2.05, 4.69) is 12.1 Å². The smallest absolute Gasteiger partial charge is 0.201 e. The summed E-state index contributed by atoms with van der Waals surface area (Å²) in [4.78, 5) is 0. The van der Waals surface area contributed by atoms with E-state index in [4.69, 9.17) is 4.74 Å². The molecule has 0 amide bonds. The van der Waals surface area contributed by atoms with Crippen LogP contribution in [0.1, 0.15) is 30.5 Å². The van der Waals surface area contributed by atoms with E-state index in [0.29, 0.717) is 5.75 Å². The van der Waals surface area contributed by atoms with Crippen LogP contribution in [0, 0.1) is 0 Å². The van der Waals surface area contributed by atoms with Crippen molar-refractivity contribution in [3.05, 3.63) is 59.2 Å². The Labute approximate surface area is 130 Å². The summed E-state index contributed by atoms with van der Waals surface area (Å²) in [7, 11) is 0. The van der Waals surface area contributed by atoms with E-state index in [-0.39, 0.29) is 11.5 Å². The van der Waals surface area contributed by atoms with Crippen LogP contribution in [0.4, 0.5) is 0 Å². The number of phenolic OH excluding ortho intramolecular Hbond substituents is 2. The van der Waals surface area contributed by atoms with Gasteiger partial charge in [-0.3, -0.25) is 0 Å². The van der Waals surface area contributed by atoms with E-state index in [1.54, 1.807) is 6.07 Å². The summed E-state index contributed by atoms with van der Waals surface area (Å²) in [5, 5.41) is 20.0. The van der Waals surface area contributed by atoms with Gasteiger partial charge in [0.25, 0.3) is 0 Å². The van der Waals surface area contributed by atoms with Gasteiger partial charge in [-0.05, 0) is 50.0 Å². The number of rotatable bonds is 3. The van der Waals surface area contributed by atoms with Crippen molar-refractivity contribution in [3.63, 3.8) is 0 Å². The second kappa shape index (κ2) is 5.41. The summed E-state index contributed by atoms with van der Waals surface area (Å²) in [6.07, 6.45) is 5.58. The van der Waals surface area contributed by atoms with E-state index in [9.17, 15) is 10.2 Å². The lowest BCUT2D eigenvalue weighted by atomic mass is 9.94. The lowest BCUT2D eigenvalue weighted by Crippen LogP contribution is -2.27. The van der Waals surface area contributed by atoms with Crippen molar-refractivity contribution in [2.45, 2.75) is 32.3 Å². The maximum absolute atomic E-state index is 10.1. The second-order valence-electron chi connectivity index (χ2n) is 6.17. The summed E-state index contributed by atoms with van der Waals surface area (Å²) >= 11 is 0. The van der Waals surface area contributed by atoms with Crippen molar-refractivity contribution in [2.24, 2.45) is 0 Å². The van der Waals surface area contributed by atoms with Crippen LogP contribution in [0.3, 0.4) is 0 Å². The Balaban J connectivity index is 1.94. The van der Waals surface area contributed by atoms with Crippen LogP contribution < -0.4 is 4.74 Å². The molecule has 0 bridgehead atoms. The summed E-state index contributed by atoms with van der Waals surface area (Å²) in [5.74, 6) is 0.0550. The molecule has 1 aliphatic heterocycles. The Hall–Kier alpha value is -2.42. The normalized spacial score (nSPS) is 15.2. The van der Waals surface area contributed by atoms with Gasteiger partial charge in [-0.2, -0.15) is 0 Å². The van der Waals surface area contributed by atoms with Crippen LogP contribution in [0.5, 0.6) is 17.2 Å². The third-order valence-electron chi connectivity index (χ3n) is 3.90. The van der Waals surface area contributed by atoms with Gasteiger partial charge in [0.15, 0.2) is 11.5 Å². The molecular formula is C19H20O3. The fourth-order valence-electron chi connectivity index (χ4n) is 2.70. The van der Waals surface area contributed by atoms with Gasteiger partial charge in [0.05, 0.1) is 0 Å². The van der Waals surface area contributed by atoms with E-state index < -0.39 is 5.60 Å². The average Bonchev–Trinajstić information content (AvgIpc) is 2.50. The van der Waals surface area contributed by atoms with Crippen LogP contribution >= 0.6 is 0 Å². The first-order valence-electron chi connectivity index (χ1n) is 7.46. The first-order valence-corrected chi connectivity index (χ1v) is 7.46. The molecule has 0 aromatic heterocycles. The monoisotopic (exact) mass is 296 g/mol. The van der Waals surface area contributed by atoms with Crippen LogP contribution in [0.2, 0.25) is 0 Å². The third kappa shape index (κ3) is 2.80. The molecule has 0 unspecified atom stereocenters. The molecule has 2 aromatic rings. The van der Waals surface area contributed by atoms with Gasteiger partial charge in [-0.25, -0.2) is 0 Å². The highest BCUT2D eigenvalue weighted by Gasteiger charge is 2.27. The van der Waals surface area contributed by atoms with Gasteiger partial charge < -0.3 is 14.9 Å². The van der Waals surface area contributed by atoms with E-state index in [1.165, 1.54) is 5.56 Å². The Morgan fingerprint density at radius 2 is 1.77 bits per heavy atom. The minimum atomic E-state index is -0.491. The molecule has 0 atom stereocenters. The molecule has 3 nitrogen and oxygen atoms in total. The van der Waals surface area contributed by atoms with Crippen LogP contribution in [-0.4, -0.2) is 15.8 Å². The average molecular weight is 296 g/mol. The summed E-state index contributed by atoms with van der Waals surface area (Å²) in [6, 6.07) is 11.8. The highest BCUT2D eigenvalue weighted by molar-refractivity contribution is 5.71. The molecule has 0 aliphatic carbocycles. The maximum Gasteiger partial charge on any atom is 0.201 e. The number of hydrogen-bond acceptors (Lipinski definition) is 3. The van der Waals surface area contributed by atoms with Gasteiger partial charge in [0.2, 0.25) is 5.75 Å². The Morgan fingerprint density at radius 1 is 1.05 bits per heavy atom. The predicted molar refractivity (Wildman–Crippen MR) is 87.4 cm³/mol. The van der Waals surface area contributed by atoms with Crippen molar-refractivity contribution in [3.8, 4) is 17.2 Å². The fourth-order valence-corrected chi connectivity index (χ4v) is 2.70. The minimum absolute atomic E-state index is 0.132. The zero-order chi connectivity index (χ0) is 15.7. The van der Waals surface area contributed by atoms with Crippen molar-refractivity contribution in [1.82, 2.24) is 0 Å². The first-order chi connectivity index (χ1) is 10.5. The summed E-state index contributed by atoms with van der Waals surface area (Å²) in [6.45, 7) is 3.83. The molecule has 0 saturated heterocycles. The molecule has 1 aliphatic rings. The number of benzene rings is 2. The lowest BCUT2D eigenvalue weighted by Gasteiger charge is -2.29. The molecule has 0 fully saturated rings. The zero-order valence-electron chi connectivity index (χ0n) is 12.8. The van der Waals surface area contributed by atoms with E-state index >= 15 is 0 Å². The molecule has 3 heteroatoms. The number of phenols is 2. The van der Waals surface area contributed by atoms with Gasteiger partial charge in [-0.15, -0.1) is 0 Å². The van der Waals surface area contributed by atoms with E-state index in [0.717, 1.165) is 24.0 Å². The molecular weight excluding hydrogens is 276 g/mol. The Bertz CT molecular complexity index is 715. The molecule has 2 aromatic carbocycles. The quantitative estimate of drug-likeness (QED) is 0.840. The zero-order valence-corrected chi connectivity index (χ0v) is 12.8. The van der Waals surface area contributed by atoms with Gasteiger partial charge >= 0.3 is 0 Å². The van der Waals surface area contributed by atoms with Gasteiger partial charge in [0, 0.05) is 5.56 Å². The number of aromatic hydroxyl groups is 2. The molecule has 1 heterocycles. The third-order valence-corrected chi connectivity index (χ3v) is 3.90. The molecule has 22 heavy (non-hydrogen) atoms. The van der Waals surface area contributed by atoms with Crippen LogP contribution in [0.15, 0.2) is 42.5 Å². The highest BCUT2D eigenvalue weighted by Crippen LogP contribution is 2.45. The standard InChI is InChI=1S/C19H20O3/c1-19(2)11-10-15-14(9-8-13-6-4-3-5-7-13)12-16(20)17(21)18(15)22-19/h3-7,10-12,20-21H,8-9H2,1-2H3. The predicted octanol–water partition coefficient (Wildman–Crippen LogP) is 4.07. The van der Waals surface area contributed by atoms with Crippen LogP contribution in [-0.2, 0) is 12.8 Å². The van der Waals surface area contributed by atoms with Crippen molar-refractivity contribution in [1.29, 1.82) is 0 Å². The number of hydrogen-bond donors (Lipinski definition) is 2. The molecule has 3 rings (SSSR count). The van der Waals surface area contributed by atoms with Crippen molar-refractivity contribution in [2.75, 3.05) is 0 Å². The Kier molecular flexibility index (Phi) is 3.57. The molecule has 0 spiro atoms. The fraction of sp³-hybridized carbons (Fsp3) is 0.263. The highest BCUT2D eigenvalue weighted by atomic mass is 16.5. The Morgan fingerprint density at radius 3 is 2.50 bits per heavy atom. The topological polar surface area (TPSA) is 49.7 Å². The largest absolute Gasteiger partial charge is 0.504 e. The first kappa shape index (κ1) is 14.5. The molecule has 114 valence electrons. The lowest BCUT2D eigenvalue weighted by molar-refractivity contribution is 0.151. The summed E-state index contributed by atoms with van der Waals surface area (Å²) in [5.41, 5.74) is 2.57. The molecule has 0 saturated carbocycles. The van der Waals surface area contributed by atoms with Gasteiger partial charge in [0.1, 0.15) is 5.60 Å². The molecule has 2 N–H and O–H groups in total. The maximum atomic E-state index is 10.1. The SMILES string of the molecule is CC1(C)C=Cc2c(CCc3ccccc3)cc(O)c(O)c2O1. The van der Waals surface area contributed by atoms with Crippen molar-refractivity contribution < 1.29 is 14.9 Å². The number of aryl methyl sites for hydroxylation is 2. The van der Waals surface area contributed by atoms with Gasteiger partial charge in [-0.1, -0.05) is 36.4 Å². The summed E-state index contributed by atoms with van der Waals surface area (Å²) < 4.78 is 5.83. The number of fused-ring (bicyclic) bond motifs is 1. The minimum Gasteiger partial charge on any atom is -0.504 e. The second-order valence-corrected chi connectivity index (χ2v) is 6.17. The van der Waals surface area contributed by atoms with Crippen LogP contribution in [0.25, 0.3) is 6.08 Å². The van der Waals surface area contributed by atoms with E-state index in [1.807, 2.05) is 44.2 Å². The number of ether oxygens (including phenoxy) is 1. The van der Waals surface area contributed by atoms with Crippen molar-refractivity contribution >= 4 is 6.08 Å².